The molecule has 2 heteroatoms. The lowest BCUT2D eigenvalue weighted by atomic mass is 10.1. The molecule has 0 radical (unpaired) electrons. The molecule has 110 valence electrons. The normalized spacial score (nSPS) is 20.3. The average Bonchev–Trinajstić information content (AvgIpc) is 2.83. The van der Waals surface area contributed by atoms with E-state index < -0.39 is 0 Å². The van der Waals surface area contributed by atoms with E-state index in [4.69, 9.17) is 9.47 Å². The molecule has 3 rings (SSSR count). The maximum atomic E-state index is 6.24. The van der Waals surface area contributed by atoms with E-state index in [-0.39, 0.29) is 6.10 Å². The summed E-state index contributed by atoms with van der Waals surface area (Å²) in [5.74, 6) is 1.47. The maximum Gasteiger partial charge on any atom is 0.127 e. The van der Waals surface area contributed by atoms with E-state index >= 15 is 0 Å². The first kappa shape index (κ1) is 14.2. The van der Waals surface area contributed by atoms with E-state index in [1.54, 1.807) is 7.11 Å². The Morgan fingerprint density at radius 3 is 2.57 bits per heavy atom. The molecule has 1 unspecified atom stereocenters. The van der Waals surface area contributed by atoms with E-state index in [9.17, 15) is 0 Å². The minimum Gasteiger partial charge on any atom is -0.485 e. The molecular weight excluding hydrogens is 260 g/mol. The molecule has 0 aliphatic heterocycles. The SMILES string of the molecule is COCCc1ccc(OC2c3ccccc3C[C@H]2C)cc1. The van der Waals surface area contributed by atoms with Crippen LogP contribution in [0.15, 0.2) is 48.5 Å². The Bertz CT molecular complexity index is 589. The van der Waals surface area contributed by atoms with Crippen molar-refractivity contribution in [2.45, 2.75) is 25.9 Å². The van der Waals surface area contributed by atoms with Crippen LogP contribution < -0.4 is 4.74 Å². The highest BCUT2D eigenvalue weighted by Gasteiger charge is 2.30. The molecule has 1 aliphatic carbocycles. The number of methoxy groups -OCH3 is 1. The Kier molecular flexibility index (Phi) is 4.26. The monoisotopic (exact) mass is 282 g/mol. The second-order valence-electron chi connectivity index (χ2n) is 5.81. The topological polar surface area (TPSA) is 18.5 Å². The Hall–Kier alpha value is -1.80. The van der Waals surface area contributed by atoms with E-state index in [1.165, 1.54) is 16.7 Å². The molecule has 2 aromatic carbocycles. The number of ether oxygens (including phenoxy) is 2. The summed E-state index contributed by atoms with van der Waals surface area (Å²) in [6.45, 7) is 3.02. The number of hydrogen-bond donors (Lipinski definition) is 0. The third-order valence-corrected chi connectivity index (χ3v) is 4.20. The molecule has 0 saturated heterocycles. The summed E-state index contributed by atoms with van der Waals surface area (Å²) in [4.78, 5) is 0. The van der Waals surface area contributed by atoms with Crippen LogP contribution >= 0.6 is 0 Å². The summed E-state index contributed by atoms with van der Waals surface area (Å²) in [5.41, 5.74) is 4.05. The number of benzene rings is 2. The number of rotatable bonds is 5. The summed E-state index contributed by atoms with van der Waals surface area (Å²) in [6, 6.07) is 17.0. The van der Waals surface area contributed by atoms with Crippen molar-refractivity contribution in [1.29, 1.82) is 0 Å². The van der Waals surface area contributed by atoms with Gasteiger partial charge in [0.1, 0.15) is 11.9 Å². The minimum atomic E-state index is 0.172. The van der Waals surface area contributed by atoms with Crippen LogP contribution in [0.1, 0.15) is 29.7 Å². The molecule has 21 heavy (non-hydrogen) atoms. The van der Waals surface area contributed by atoms with Crippen molar-refractivity contribution < 1.29 is 9.47 Å². The van der Waals surface area contributed by atoms with Crippen LogP contribution in [0.25, 0.3) is 0 Å². The van der Waals surface area contributed by atoms with Gasteiger partial charge in [-0.05, 0) is 41.7 Å². The van der Waals surface area contributed by atoms with Gasteiger partial charge in [-0.2, -0.15) is 0 Å². The van der Waals surface area contributed by atoms with Crippen molar-refractivity contribution in [3.8, 4) is 5.75 Å². The largest absolute Gasteiger partial charge is 0.485 e. The van der Waals surface area contributed by atoms with Gasteiger partial charge in [-0.3, -0.25) is 0 Å². The van der Waals surface area contributed by atoms with Gasteiger partial charge in [0, 0.05) is 13.0 Å². The van der Waals surface area contributed by atoms with Gasteiger partial charge >= 0.3 is 0 Å². The highest BCUT2D eigenvalue weighted by molar-refractivity contribution is 5.36. The molecule has 0 aromatic heterocycles. The molecule has 0 N–H and O–H groups in total. The molecule has 2 nitrogen and oxygen atoms in total. The number of hydrogen-bond acceptors (Lipinski definition) is 2. The second-order valence-corrected chi connectivity index (χ2v) is 5.81. The van der Waals surface area contributed by atoms with Crippen LogP contribution in [0.5, 0.6) is 5.75 Å². The van der Waals surface area contributed by atoms with E-state index in [1.807, 2.05) is 0 Å². The van der Waals surface area contributed by atoms with Gasteiger partial charge in [0.15, 0.2) is 0 Å². The van der Waals surface area contributed by atoms with Gasteiger partial charge < -0.3 is 9.47 Å². The zero-order valence-corrected chi connectivity index (χ0v) is 12.7. The molecule has 0 amide bonds. The van der Waals surface area contributed by atoms with Gasteiger partial charge in [0.05, 0.1) is 6.61 Å². The van der Waals surface area contributed by atoms with Gasteiger partial charge in [-0.15, -0.1) is 0 Å². The zero-order valence-electron chi connectivity index (χ0n) is 12.7. The fourth-order valence-corrected chi connectivity index (χ4v) is 3.04. The first-order chi connectivity index (χ1) is 10.3. The highest BCUT2D eigenvalue weighted by atomic mass is 16.5. The second kappa shape index (κ2) is 6.31. The smallest absolute Gasteiger partial charge is 0.127 e. The third-order valence-electron chi connectivity index (χ3n) is 4.20. The predicted molar refractivity (Wildman–Crippen MR) is 84.7 cm³/mol. The fraction of sp³-hybridized carbons (Fsp3) is 0.368. The van der Waals surface area contributed by atoms with Crippen molar-refractivity contribution in [2.24, 2.45) is 5.92 Å². The van der Waals surface area contributed by atoms with E-state index in [0.29, 0.717) is 5.92 Å². The highest BCUT2D eigenvalue weighted by Crippen LogP contribution is 2.38. The van der Waals surface area contributed by atoms with Crippen LogP contribution in [0.2, 0.25) is 0 Å². The molecule has 0 spiro atoms. The van der Waals surface area contributed by atoms with E-state index in [0.717, 1.165) is 25.2 Å². The van der Waals surface area contributed by atoms with Crippen LogP contribution in [-0.4, -0.2) is 13.7 Å². The van der Waals surface area contributed by atoms with Gasteiger partial charge in [-0.25, -0.2) is 0 Å². The van der Waals surface area contributed by atoms with Crippen molar-refractivity contribution in [3.05, 3.63) is 65.2 Å². The molecule has 2 aromatic rings. The van der Waals surface area contributed by atoms with Gasteiger partial charge in [0.2, 0.25) is 0 Å². The van der Waals surface area contributed by atoms with Crippen molar-refractivity contribution in [3.63, 3.8) is 0 Å². The van der Waals surface area contributed by atoms with Crippen LogP contribution in [0.4, 0.5) is 0 Å². The molecular formula is C19H22O2. The molecule has 0 heterocycles. The Morgan fingerprint density at radius 2 is 1.81 bits per heavy atom. The Balaban J connectivity index is 1.72. The lowest BCUT2D eigenvalue weighted by Crippen LogP contribution is -2.11. The summed E-state index contributed by atoms with van der Waals surface area (Å²) in [7, 11) is 1.73. The summed E-state index contributed by atoms with van der Waals surface area (Å²) in [5, 5.41) is 0. The van der Waals surface area contributed by atoms with Crippen molar-refractivity contribution >= 4 is 0 Å². The first-order valence-corrected chi connectivity index (χ1v) is 7.60. The van der Waals surface area contributed by atoms with Gasteiger partial charge in [-0.1, -0.05) is 43.3 Å². The molecule has 1 aliphatic rings. The van der Waals surface area contributed by atoms with Crippen LogP contribution in [0.3, 0.4) is 0 Å². The van der Waals surface area contributed by atoms with E-state index in [2.05, 4.69) is 55.5 Å². The third kappa shape index (κ3) is 3.11. The van der Waals surface area contributed by atoms with Crippen molar-refractivity contribution in [1.82, 2.24) is 0 Å². The lowest BCUT2D eigenvalue weighted by molar-refractivity contribution is 0.159. The van der Waals surface area contributed by atoms with Crippen LogP contribution in [0, 0.1) is 5.92 Å². The summed E-state index contributed by atoms with van der Waals surface area (Å²) in [6.07, 6.45) is 2.22. The van der Waals surface area contributed by atoms with Gasteiger partial charge in [0.25, 0.3) is 0 Å². The van der Waals surface area contributed by atoms with Crippen molar-refractivity contribution in [2.75, 3.05) is 13.7 Å². The molecule has 0 fully saturated rings. The lowest BCUT2D eigenvalue weighted by Gasteiger charge is -2.19. The quantitative estimate of drug-likeness (QED) is 0.818. The Labute approximate surface area is 126 Å². The fourth-order valence-electron chi connectivity index (χ4n) is 3.04. The average molecular weight is 282 g/mol. The molecule has 0 saturated carbocycles. The zero-order chi connectivity index (χ0) is 14.7. The number of fused-ring (bicyclic) bond motifs is 1. The molecule has 0 bridgehead atoms. The summed E-state index contributed by atoms with van der Waals surface area (Å²) < 4.78 is 11.3. The summed E-state index contributed by atoms with van der Waals surface area (Å²) >= 11 is 0. The molecule has 2 atom stereocenters. The minimum absolute atomic E-state index is 0.172. The standard InChI is InChI=1S/C19H22O2/c1-14-13-16-5-3-4-6-18(16)19(14)21-17-9-7-15(8-10-17)11-12-20-2/h3-10,14,19H,11-13H2,1-2H3/t14-,19?/m1/s1. The maximum absolute atomic E-state index is 6.24. The van der Waals surface area contributed by atoms with Crippen LogP contribution in [-0.2, 0) is 17.6 Å². The first-order valence-electron chi connectivity index (χ1n) is 7.60. The predicted octanol–water partition coefficient (Wildman–Crippen LogP) is 4.19. The Morgan fingerprint density at radius 1 is 1.05 bits per heavy atom.